The summed E-state index contributed by atoms with van der Waals surface area (Å²) in [5.74, 6) is 2.40. The molecule has 1 saturated heterocycles. The Morgan fingerprint density at radius 1 is 1.08 bits per heavy atom. The maximum Gasteiger partial charge on any atom is 0.227 e. The zero-order valence-electron chi connectivity index (χ0n) is 14.9. The largest absolute Gasteiger partial charge is 0.341 e. The molecule has 1 aliphatic heterocycles. The Morgan fingerprint density at radius 2 is 1.79 bits per heavy atom. The monoisotopic (exact) mass is 344 g/mol. The van der Waals surface area contributed by atoms with E-state index in [0.717, 1.165) is 58.3 Å². The second kappa shape index (κ2) is 6.98. The van der Waals surface area contributed by atoms with Crippen LogP contribution in [0.1, 0.15) is 36.6 Å². The average molecular weight is 345 g/mol. The third-order valence-corrected chi connectivity index (χ3v) is 4.89. The first kappa shape index (κ1) is 17.0. The predicted octanol–water partition coefficient (Wildman–Crippen LogP) is 5.04. The molecule has 1 N–H and O–H groups in total. The van der Waals surface area contributed by atoms with Crippen LogP contribution in [0.15, 0.2) is 18.2 Å². The van der Waals surface area contributed by atoms with E-state index in [9.17, 15) is 0 Å². The van der Waals surface area contributed by atoms with Crippen LogP contribution in [0.4, 0.5) is 17.5 Å². The van der Waals surface area contributed by atoms with Crippen LogP contribution in [0.3, 0.4) is 0 Å². The maximum atomic E-state index is 6.41. The van der Waals surface area contributed by atoms with Crippen molar-refractivity contribution in [2.24, 2.45) is 5.92 Å². The van der Waals surface area contributed by atoms with Crippen LogP contribution in [0.25, 0.3) is 0 Å². The molecule has 1 aliphatic rings. The highest BCUT2D eigenvalue weighted by Crippen LogP contribution is 2.30. The fourth-order valence-electron chi connectivity index (χ4n) is 3.17. The second-order valence-corrected chi connectivity index (χ2v) is 7.33. The first-order chi connectivity index (χ1) is 11.4. The van der Waals surface area contributed by atoms with Crippen molar-refractivity contribution in [2.75, 3.05) is 23.3 Å². The first-order valence-corrected chi connectivity index (χ1v) is 8.94. The molecule has 0 spiro atoms. The van der Waals surface area contributed by atoms with Crippen LogP contribution in [0, 0.1) is 26.7 Å². The van der Waals surface area contributed by atoms with Crippen molar-refractivity contribution in [3.05, 3.63) is 40.0 Å². The van der Waals surface area contributed by atoms with Crippen molar-refractivity contribution in [1.82, 2.24) is 9.97 Å². The second-order valence-electron chi connectivity index (χ2n) is 6.93. The normalized spacial score (nSPS) is 15.6. The number of hydrogen-bond donors (Lipinski definition) is 1. The number of hydrogen-bond acceptors (Lipinski definition) is 4. The number of aryl methyl sites for hydroxylation is 3. The van der Waals surface area contributed by atoms with Gasteiger partial charge in [0.15, 0.2) is 0 Å². The van der Waals surface area contributed by atoms with Gasteiger partial charge < -0.3 is 10.2 Å². The van der Waals surface area contributed by atoms with Gasteiger partial charge in [-0.15, -0.1) is 0 Å². The van der Waals surface area contributed by atoms with Crippen LogP contribution in [0.5, 0.6) is 0 Å². The molecule has 0 atom stereocenters. The van der Waals surface area contributed by atoms with Gasteiger partial charge in [0.25, 0.3) is 0 Å². The summed E-state index contributed by atoms with van der Waals surface area (Å²) in [6.07, 6.45) is 2.39. The minimum atomic E-state index is 0.720. The van der Waals surface area contributed by atoms with Crippen molar-refractivity contribution in [3.8, 4) is 0 Å². The first-order valence-electron chi connectivity index (χ1n) is 8.57. The van der Waals surface area contributed by atoms with Crippen molar-refractivity contribution < 1.29 is 0 Å². The van der Waals surface area contributed by atoms with E-state index in [1.54, 1.807) is 0 Å². The standard InChI is InChI=1S/C19H25ClN4/c1-12-5-7-24(8-6-12)19-21-15(4)11-17(23-19)22-18-14(3)9-13(2)10-16(18)20/h9-12H,5-8H2,1-4H3,(H,21,22,23). The fourth-order valence-corrected chi connectivity index (χ4v) is 3.54. The van der Waals surface area contributed by atoms with Crippen LogP contribution in [-0.4, -0.2) is 23.1 Å². The summed E-state index contributed by atoms with van der Waals surface area (Å²) >= 11 is 6.41. The maximum absolute atomic E-state index is 6.41. The van der Waals surface area contributed by atoms with Crippen LogP contribution >= 0.6 is 11.6 Å². The Kier molecular flexibility index (Phi) is 4.95. The summed E-state index contributed by atoms with van der Waals surface area (Å²) < 4.78 is 0. The molecule has 1 aromatic carbocycles. The van der Waals surface area contributed by atoms with Gasteiger partial charge in [-0.3, -0.25) is 0 Å². The summed E-state index contributed by atoms with van der Waals surface area (Å²) in [7, 11) is 0. The molecular formula is C19H25ClN4. The Morgan fingerprint density at radius 3 is 2.46 bits per heavy atom. The van der Waals surface area contributed by atoms with Gasteiger partial charge in [0.2, 0.25) is 5.95 Å². The summed E-state index contributed by atoms with van der Waals surface area (Å²) in [5.41, 5.74) is 4.15. The Hall–Kier alpha value is -1.81. The van der Waals surface area contributed by atoms with Crippen molar-refractivity contribution >= 4 is 29.1 Å². The molecule has 2 heterocycles. The molecule has 0 bridgehead atoms. The predicted molar refractivity (Wildman–Crippen MR) is 102 cm³/mol. The number of nitrogens with zero attached hydrogens (tertiary/aromatic N) is 3. The van der Waals surface area contributed by atoms with Crippen molar-refractivity contribution in [2.45, 2.75) is 40.5 Å². The van der Waals surface area contributed by atoms with Gasteiger partial charge in [0.1, 0.15) is 5.82 Å². The lowest BCUT2D eigenvalue weighted by Crippen LogP contribution is -2.34. The number of rotatable bonds is 3. The Labute approximate surface area is 149 Å². The minimum absolute atomic E-state index is 0.720. The Balaban J connectivity index is 1.87. The molecule has 2 aromatic rings. The number of anilines is 3. The number of piperidine rings is 1. The highest BCUT2D eigenvalue weighted by Gasteiger charge is 2.19. The molecule has 1 aromatic heterocycles. The molecule has 4 nitrogen and oxygen atoms in total. The summed E-state index contributed by atoms with van der Waals surface area (Å²) in [6.45, 7) is 10.5. The lowest BCUT2D eigenvalue weighted by molar-refractivity contribution is 0.434. The Bertz CT molecular complexity index is 713. The number of nitrogens with one attached hydrogen (secondary N) is 1. The topological polar surface area (TPSA) is 41.1 Å². The highest BCUT2D eigenvalue weighted by molar-refractivity contribution is 6.33. The lowest BCUT2D eigenvalue weighted by Gasteiger charge is -2.30. The van der Waals surface area contributed by atoms with E-state index < -0.39 is 0 Å². The highest BCUT2D eigenvalue weighted by atomic mass is 35.5. The summed E-state index contributed by atoms with van der Waals surface area (Å²) in [6, 6.07) is 6.05. The number of halogens is 1. The van der Waals surface area contributed by atoms with Gasteiger partial charge in [0, 0.05) is 24.8 Å². The molecule has 0 unspecified atom stereocenters. The third kappa shape index (κ3) is 3.81. The van der Waals surface area contributed by atoms with E-state index in [1.807, 2.05) is 26.0 Å². The summed E-state index contributed by atoms with van der Waals surface area (Å²) in [5, 5.41) is 4.11. The number of aromatic nitrogens is 2. The molecule has 5 heteroatoms. The van der Waals surface area contributed by atoms with Crippen LogP contribution < -0.4 is 10.2 Å². The average Bonchev–Trinajstić information content (AvgIpc) is 2.51. The van der Waals surface area contributed by atoms with Crippen LogP contribution in [-0.2, 0) is 0 Å². The fraction of sp³-hybridized carbons (Fsp3) is 0.474. The SMILES string of the molecule is Cc1cc(C)c(Nc2cc(C)nc(N3CCC(C)CC3)n2)c(Cl)c1. The molecule has 0 amide bonds. The third-order valence-electron chi connectivity index (χ3n) is 4.59. The van der Waals surface area contributed by atoms with Crippen molar-refractivity contribution in [1.29, 1.82) is 0 Å². The number of benzene rings is 1. The molecule has 1 fully saturated rings. The lowest BCUT2D eigenvalue weighted by atomic mass is 10.00. The van der Waals surface area contributed by atoms with Crippen molar-refractivity contribution in [3.63, 3.8) is 0 Å². The summed E-state index contributed by atoms with van der Waals surface area (Å²) in [4.78, 5) is 11.6. The molecule has 0 aliphatic carbocycles. The molecule has 0 radical (unpaired) electrons. The van der Waals surface area contributed by atoms with Gasteiger partial charge in [-0.05, 0) is 56.7 Å². The van der Waals surface area contributed by atoms with E-state index in [0.29, 0.717) is 0 Å². The van der Waals surface area contributed by atoms with Crippen LogP contribution in [0.2, 0.25) is 5.02 Å². The van der Waals surface area contributed by atoms with E-state index in [-0.39, 0.29) is 0 Å². The van der Waals surface area contributed by atoms with E-state index in [2.05, 4.69) is 35.1 Å². The van der Waals surface area contributed by atoms with Gasteiger partial charge >= 0.3 is 0 Å². The molecular weight excluding hydrogens is 320 g/mol. The zero-order chi connectivity index (χ0) is 17.3. The van der Waals surface area contributed by atoms with E-state index in [4.69, 9.17) is 16.6 Å². The van der Waals surface area contributed by atoms with Gasteiger partial charge in [-0.25, -0.2) is 4.98 Å². The van der Waals surface area contributed by atoms with Gasteiger partial charge in [0.05, 0.1) is 10.7 Å². The van der Waals surface area contributed by atoms with Gasteiger partial charge in [-0.2, -0.15) is 4.98 Å². The van der Waals surface area contributed by atoms with E-state index in [1.165, 1.54) is 12.8 Å². The zero-order valence-corrected chi connectivity index (χ0v) is 15.6. The molecule has 24 heavy (non-hydrogen) atoms. The quantitative estimate of drug-likeness (QED) is 0.847. The molecule has 0 saturated carbocycles. The van der Waals surface area contributed by atoms with Gasteiger partial charge in [-0.1, -0.05) is 24.6 Å². The molecule has 128 valence electrons. The minimum Gasteiger partial charge on any atom is -0.341 e. The molecule has 3 rings (SSSR count). The van der Waals surface area contributed by atoms with E-state index >= 15 is 0 Å². The smallest absolute Gasteiger partial charge is 0.227 e.